The number of aromatic nitrogens is 5. The topological polar surface area (TPSA) is 110 Å². The Bertz CT molecular complexity index is 942. The van der Waals surface area contributed by atoms with Crippen molar-refractivity contribution in [3.8, 4) is 0 Å². The summed E-state index contributed by atoms with van der Waals surface area (Å²) >= 11 is 0. The van der Waals surface area contributed by atoms with E-state index in [4.69, 9.17) is 4.42 Å². The number of nitrogens with zero attached hydrogens (tertiary/aromatic N) is 7. The number of furan rings is 1. The molecule has 0 unspecified atom stereocenters. The maximum Gasteiger partial charge on any atom is 0.289 e. The summed E-state index contributed by atoms with van der Waals surface area (Å²) in [6, 6.07) is 5.32. The number of carbonyl (C=O) groups excluding carboxylic acids is 2. The fourth-order valence-electron chi connectivity index (χ4n) is 2.94. The lowest BCUT2D eigenvalue weighted by molar-refractivity contribution is -0.133. The Labute approximate surface area is 148 Å². The van der Waals surface area contributed by atoms with Crippen molar-refractivity contribution < 1.29 is 14.0 Å². The van der Waals surface area contributed by atoms with Crippen LogP contribution in [0.2, 0.25) is 0 Å². The summed E-state index contributed by atoms with van der Waals surface area (Å²) in [5.74, 6) is 0.00704. The smallest absolute Gasteiger partial charge is 0.289 e. The van der Waals surface area contributed by atoms with Gasteiger partial charge in [-0.2, -0.15) is 0 Å². The number of rotatable bonds is 3. The van der Waals surface area contributed by atoms with Crippen LogP contribution < -0.4 is 0 Å². The molecule has 1 saturated heterocycles. The highest BCUT2D eigenvalue weighted by Crippen LogP contribution is 2.20. The van der Waals surface area contributed by atoms with Crippen LogP contribution in [0.4, 0.5) is 0 Å². The van der Waals surface area contributed by atoms with Gasteiger partial charge in [0.05, 0.1) is 0 Å². The minimum absolute atomic E-state index is 0.0761. The van der Waals surface area contributed by atoms with Gasteiger partial charge < -0.3 is 14.2 Å². The molecular formula is C16H17N7O3. The SMILES string of the molecule is Cc1ccc2oc(C(=O)N3CCN(C(=O)Cn4cnnn4)CC3)cc2n1. The summed E-state index contributed by atoms with van der Waals surface area (Å²) in [6.45, 7) is 3.80. The third-order valence-corrected chi connectivity index (χ3v) is 4.33. The number of tetrazole rings is 1. The van der Waals surface area contributed by atoms with Gasteiger partial charge in [-0.3, -0.25) is 9.59 Å². The highest BCUT2D eigenvalue weighted by atomic mass is 16.3. The predicted molar refractivity (Wildman–Crippen MR) is 89.0 cm³/mol. The highest BCUT2D eigenvalue weighted by molar-refractivity contribution is 5.95. The zero-order valence-electron chi connectivity index (χ0n) is 14.2. The number of amides is 2. The summed E-state index contributed by atoms with van der Waals surface area (Å²) < 4.78 is 7.00. The molecule has 0 aliphatic carbocycles. The molecule has 0 spiro atoms. The molecule has 4 heterocycles. The summed E-state index contributed by atoms with van der Waals surface area (Å²) in [7, 11) is 0. The molecule has 0 radical (unpaired) electrons. The summed E-state index contributed by atoms with van der Waals surface area (Å²) in [6.07, 6.45) is 1.40. The van der Waals surface area contributed by atoms with Crippen LogP contribution in [-0.4, -0.2) is 73.0 Å². The molecule has 4 rings (SSSR count). The lowest BCUT2D eigenvalue weighted by Gasteiger charge is -2.34. The maximum absolute atomic E-state index is 12.7. The first-order chi connectivity index (χ1) is 12.6. The molecule has 3 aromatic heterocycles. The minimum atomic E-state index is -0.187. The molecule has 26 heavy (non-hydrogen) atoms. The van der Waals surface area contributed by atoms with Crippen LogP contribution in [0.1, 0.15) is 16.2 Å². The molecule has 0 aromatic carbocycles. The first-order valence-corrected chi connectivity index (χ1v) is 8.25. The van der Waals surface area contributed by atoms with Gasteiger partial charge in [0.15, 0.2) is 11.3 Å². The van der Waals surface area contributed by atoms with Crippen molar-refractivity contribution in [2.75, 3.05) is 26.2 Å². The molecule has 1 aliphatic rings. The average molecular weight is 355 g/mol. The van der Waals surface area contributed by atoms with E-state index in [1.165, 1.54) is 11.0 Å². The van der Waals surface area contributed by atoms with E-state index in [9.17, 15) is 9.59 Å². The number of hydrogen-bond donors (Lipinski definition) is 0. The minimum Gasteiger partial charge on any atom is -0.449 e. The van der Waals surface area contributed by atoms with Crippen LogP contribution in [-0.2, 0) is 11.3 Å². The fraction of sp³-hybridized carbons (Fsp3) is 0.375. The predicted octanol–water partition coefficient (Wildman–Crippen LogP) is 0.107. The Balaban J connectivity index is 1.39. The van der Waals surface area contributed by atoms with Gasteiger partial charge in [0, 0.05) is 37.9 Å². The molecule has 3 aromatic rings. The Morgan fingerprint density at radius 1 is 1.15 bits per heavy atom. The van der Waals surface area contributed by atoms with Gasteiger partial charge in [-0.1, -0.05) is 0 Å². The van der Waals surface area contributed by atoms with Crippen LogP contribution in [0.25, 0.3) is 11.1 Å². The van der Waals surface area contributed by atoms with E-state index in [-0.39, 0.29) is 24.1 Å². The zero-order valence-corrected chi connectivity index (χ0v) is 14.2. The highest BCUT2D eigenvalue weighted by Gasteiger charge is 2.27. The number of piperazine rings is 1. The Hall–Kier alpha value is -3.30. The lowest BCUT2D eigenvalue weighted by Crippen LogP contribution is -2.51. The van der Waals surface area contributed by atoms with Crippen molar-refractivity contribution in [1.29, 1.82) is 0 Å². The molecule has 0 N–H and O–H groups in total. The second kappa shape index (κ2) is 6.54. The number of carbonyl (C=O) groups is 2. The lowest BCUT2D eigenvalue weighted by atomic mass is 10.2. The maximum atomic E-state index is 12.7. The van der Waals surface area contributed by atoms with Crippen LogP contribution in [0.5, 0.6) is 0 Å². The van der Waals surface area contributed by atoms with Crippen molar-refractivity contribution in [2.24, 2.45) is 0 Å². The summed E-state index contributed by atoms with van der Waals surface area (Å²) in [5.41, 5.74) is 2.13. The number of hydrogen-bond acceptors (Lipinski definition) is 7. The molecule has 134 valence electrons. The Morgan fingerprint density at radius 2 is 1.92 bits per heavy atom. The molecule has 1 fully saturated rings. The van der Waals surface area contributed by atoms with Crippen LogP contribution in [0, 0.1) is 6.92 Å². The Morgan fingerprint density at radius 3 is 2.65 bits per heavy atom. The van der Waals surface area contributed by atoms with Gasteiger partial charge >= 0.3 is 0 Å². The third kappa shape index (κ3) is 3.13. The van der Waals surface area contributed by atoms with Crippen LogP contribution in [0.15, 0.2) is 28.9 Å². The molecule has 10 heteroatoms. The molecule has 0 saturated carbocycles. The summed E-state index contributed by atoms with van der Waals surface area (Å²) in [5, 5.41) is 10.7. The van der Waals surface area contributed by atoms with Crippen molar-refractivity contribution in [1.82, 2.24) is 35.0 Å². The van der Waals surface area contributed by atoms with Crippen molar-refractivity contribution in [3.05, 3.63) is 36.0 Å². The second-order valence-electron chi connectivity index (χ2n) is 6.13. The quantitative estimate of drug-likeness (QED) is 0.655. The average Bonchev–Trinajstić information content (AvgIpc) is 3.30. The molecule has 2 amide bonds. The van der Waals surface area contributed by atoms with E-state index in [1.54, 1.807) is 15.9 Å². The largest absolute Gasteiger partial charge is 0.449 e. The Kier molecular flexibility index (Phi) is 4.07. The second-order valence-corrected chi connectivity index (χ2v) is 6.13. The van der Waals surface area contributed by atoms with E-state index < -0.39 is 0 Å². The van der Waals surface area contributed by atoms with Gasteiger partial charge in [-0.25, -0.2) is 9.67 Å². The molecule has 10 nitrogen and oxygen atoms in total. The third-order valence-electron chi connectivity index (χ3n) is 4.33. The van der Waals surface area contributed by atoms with Crippen molar-refractivity contribution >= 4 is 22.9 Å². The van der Waals surface area contributed by atoms with Gasteiger partial charge in [-0.05, 0) is 29.5 Å². The normalized spacial score (nSPS) is 14.8. The fourth-order valence-corrected chi connectivity index (χ4v) is 2.94. The van der Waals surface area contributed by atoms with Gasteiger partial charge in [-0.15, -0.1) is 5.10 Å². The van der Waals surface area contributed by atoms with E-state index >= 15 is 0 Å². The van der Waals surface area contributed by atoms with Gasteiger partial charge in [0.1, 0.15) is 18.4 Å². The van der Waals surface area contributed by atoms with E-state index in [0.29, 0.717) is 37.3 Å². The zero-order chi connectivity index (χ0) is 18.1. The first kappa shape index (κ1) is 16.2. The van der Waals surface area contributed by atoms with Crippen LogP contribution >= 0.6 is 0 Å². The van der Waals surface area contributed by atoms with E-state index in [2.05, 4.69) is 20.5 Å². The van der Waals surface area contributed by atoms with Gasteiger partial charge in [0.25, 0.3) is 5.91 Å². The van der Waals surface area contributed by atoms with E-state index in [1.807, 2.05) is 19.1 Å². The van der Waals surface area contributed by atoms with Crippen LogP contribution in [0.3, 0.4) is 0 Å². The number of fused-ring (bicyclic) bond motifs is 1. The summed E-state index contributed by atoms with van der Waals surface area (Å²) in [4.78, 5) is 32.6. The number of pyridine rings is 1. The van der Waals surface area contributed by atoms with Crippen molar-refractivity contribution in [3.63, 3.8) is 0 Å². The molecule has 1 aliphatic heterocycles. The monoisotopic (exact) mass is 355 g/mol. The van der Waals surface area contributed by atoms with E-state index in [0.717, 1.165) is 5.69 Å². The molecule has 0 bridgehead atoms. The number of aryl methyl sites for hydroxylation is 1. The first-order valence-electron chi connectivity index (χ1n) is 8.25. The molecule has 0 atom stereocenters. The van der Waals surface area contributed by atoms with Gasteiger partial charge in [0.2, 0.25) is 5.91 Å². The van der Waals surface area contributed by atoms with Crippen molar-refractivity contribution in [2.45, 2.75) is 13.5 Å². The molecular weight excluding hydrogens is 338 g/mol. The standard InChI is InChI=1S/C16H17N7O3/c1-11-2-3-13-12(18-11)8-14(26-13)16(25)22-6-4-21(5-7-22)15(24)9-23-10-17-19-20-23/h2-3,8,10H,4-7,9H2,1H3.